The number of benzene rings is 4. The van der Waals surface area contributed by atoms with Crippen LogP contribution in [-0.4, -0.2) is 30.4 Å². The lowest BCUT2D eigenvalue weighted by atomic mass is 10.0. The summed E-state index contributed by atoms with van der Waals surface area (Å²) in [4.78, 5) is 18.7. The van der Waals surface area contributed by atoms with Gasteiger partial charge in [-0.25, -0.2) is 0 Å². The van der Waals surface area contributed by atoms with Crippen LogP contribution in [0, 0.1) is 0 Å². The predicted octanol–water partition coefficient (Wildman–Crippen LogP) is 9.06. The summed E-state index contributed by atoms with van der Waals surface area (Å²) in [5, 5.41) is 1.09. The number of hydrogen-bond donors (Lipinski definition) is 0. The molecule has 0 aromatic heterocycles. The first-order valence-corrected chi connectivity index (χ1v) is 14.2. The molecule has 4 aromatic rings. The van der Waals surface area contributed by atoms with Crippen LogP contribution in [0.25, 0.3) is 17.2 Å². The van der Waals surface area contributed by atoms with Gasteiger partial charge in [-0.15, -0.1) is 0 Å². The molecule has 0 fully saturated rings. The number of ether oxygens (including phenoxy) is 1. The van der Waals surface area contributed by atoms with Crippen molar-refractivity contribution in [2.24, 2.45) is 4.99 Å². The minimum absolute atomic E-state index is 0.203. The quantitative estimate of drug-likeness (QED) is 0.184. The molecule has 0 radical (unpaired) electrons. The number of hydrogen-bond acceptors (Lipinski definition) is 4. The second-order valence-corrected chi connectivity index (χ2v) is 11.0. The van der Waals surface area contributed by atoms with E-state index in [0.717, 1.165) is 40.2 Å². The van der Waals surface area contributed by atoms with Crippen molar-refractivity contribution in [3.63, 3.8) is 0 Å². The Labute approximate surface area is 258 Å². The lowest BCUT2D eigenvalue weighted by Crippen LogP contribution is -2.26. The van der Waals surface area contributed by atoms with Crippen molar-refractivity contribution in [2.45, 2.75) is 25.2 Å². The van der Waals surface area contributed by atoms with Crippen molar-refractivity contribution in [1.82, 2.24) is 4.90 Å². The van der Waals surface area contributed by atoms with Crippen LogP contribution in [0.3, 0.4) is 0 Å². The fourth-order valence-corrected chi connectivity index (χ4v) is 5.41. The van der Waals surface area contributed by atoms with Crippen molar-refractivity contribution in [2.75, 3.05) is 13.7 Å². The van der Waals surface area contributed by atoms with Crippen molar-refractivity contribution in [3.05, 3.63) is 135 Å². The summed E-state index contributed by atoms with van der Waals surface area (Å²) in [6.07, 6.45) is -0.340. The average Bonchev–Trinajstić information content (AvgIpc) is 3.38. The highest BCUT2D eigenvalue weighted by Crippen LogP contribution is 2.34. The Morgan fingerprint density at radius 1 is 0.930 bits per heavy atom. The Bertz CT molecular complexity index is 1670. The SMILES string of the molecule is COC(=O)Cc1ccc(CN2CC(c3ccc(Cl)cc3Cl)N=C2/C=C/c2ccc(-c3cccc(C(F)(F)F)c3)cc2)cc1. The van der Waals surface area contributed by atoms with Crippen LogP contribution < -0.4 is 0 Å². The van der Waals surface area contributed by atoms with Gasteiger partial charge in [-0.05, 0) is 63.7 Å². The van der Waals surface area contributed by atoms with E-state index in [1.54, 1.807) is 30.3 Å². The number of alkyl halides is 3. The number of nitrogens with zero attached hydrogens (tertiary/aromatic N) is 2. The number of halogens is 5. The van der Waals surface area contributed by atoms with Gasteiger partial charge in [0.2, 0.25) is 0 Å². The van der Waals surface area contributed by atoms with Crippen LogP contribution in [-0.2, 0) is 28.7 Å². The molecule has 0 saturated heterocycles. The topological polar surface area (TPSA) is 41.9 Å². The zero-order valence-corrected chi connectivity index (χ0v) is 24.6. The molecule has 0 saturated carbocycles. The lowest BCUT2D eigenvalue weighted by molar-refractivity contribution is -0.140. The number of carbonyl (C=O) groups excluding carboxylic acids is 1. The van der Waals surface area contributed by atoms with E-state index in [2.05, 4.69) is 4.90 Å². The Balaban J connectivity index is 1.37. The Morgan fingerprint density at radius 2 is 1.65 bits per heavy atom. The van der Waals surface area contributed by atoms with Crippen molar-refractivity contribution >= 4 is 41.1 Å². The van der Waals surface area contributed by atoms with Crippen LogP contribution in [0.15, 0.2) is 102 Å². The van der Waals surface area contributed by atoms with E-state index < -0.39 is 11.7 Å². The molecule has 220 valence electrons. The van der Waals surface area contributed by atoms with Crippen LogP contribution in [0.2, 0.25) is 10.0 Å². The number of carbonyl (C=O) groups is 1. The molecule has 0 aliphatic carbocycles. The molecule has 5 rings (SSSR count). The van der Waals surface area contributed by atoms with Crippen LogP contribution in [0.5, 0.6) is 0 Å². The molecule has 9 heteroatoms. The van der Waals surface area contributed by atoms with Gasteiger partial charge in [0.15, 0.2) is 0 Å². The minimum Gasteiger partial charge on any atom is -0.469 e. The van der Waals surface area contributed by atoms with E-state index >= 15 is 0 Å². The summed E-state index contributed by atoms with van der Waals surface area (Å²) in [5.74, 6) is 0.467. The summed E-state index contributed by atoms with van der Waals surface area (Å²) in [6, 6.07) is 25.6. The molecule has 1 aliphatic heterocycles. The highest BCUT2D eigenvalue weighted by molar-refractivity contribution is 6.35. The number of aliphatic imine (C=N–C) groups is 1. The van der Waals surface area contributed by atoms with Gasteiger partial charge in [0.25, 0.3) is 0 Å². The minimum atomic E-state index is -4.40. The zero-order valence-electron chi connectivity index (χ0n) is 23.1. The molecular formula is C34H27Cl2F3N2O2. The highest BCUT2D eigenvalue weighted by atomic mass is 35.5. The fraction of sp³-hybridized carbons (Fsp3) is 0.176. The maximum atomic E-state index is 13.2. The van der Waals surface area contributed by atoms with Crippen molar-refractivity contribution < 1.29 is 22.7 Å². The van der Waals surface area contributed by atoms with Gasteiger partial charge in [0, 0.05) is 23.1 Å². The molecule has 1 heterocycles. The third-order valence-corrected chi connectivity index (χ3v) is 7.72. The molecule has 4 aromatic carbocycles. The second kappa shape index (κ2) is 13.1. The van der Waals surface area contributed by atoms with Gasteiger partial charge in [0.1, 0.15) is 5.84 Å². The van der Waals surface area contributed by atoms with Gasteiger partial charge >= 0.3 is 12.1 Å². The fourth-order valence-electron chi connectivity index (χ4n) is 4.87. The smallest absolute Gasteiger partial charge is 0.416 e. The first kappa shape index (κ1) is 30.4. The van der Waals surface area contributed by atoms with Crippen LogP contribution >= 0.6 is 23.2 Å². The van der Waals surface area contributed by atoms with E-state index in [4.69, 9.17) is 32.9 Å². The standard InChI is InChI=1S/C34H27Cl2F3N2O2/c1-43-33(42)17-23-5-7-24(8-6-23)20-41-21-31(29-15-14-28(35)19-30(29)36)40-32(41)16-11-22-9-12-25(13-10-22)26-3-2-4-27(18-26)34(37,38)39/h2-16,18-19,31H,17,20-21H2,1H3/b16-11+. The van der Waals surface area contributed by atoms with E-state index in [-0.39, 0.29) is 18.4 Å². The van der Waals surface area contributed by atoms with E-state index in [1.165, 1.54) is 13.2 Å². The molecule has 1 aliphatic rings. The van der Waals surface area contributed by atoms with Crippen LogP contribution in [0.4, 0.5) is 13.2 Å². The number of esters is 1. The zero-order chi connectivity index (χ0) is 30.6. The Hall–Kier alpha value is -4.07. The van der Waals surface area contributed by atoms with Gasteiger partial charge in [-0.1, -0.05) is 96.0 Å². The van der Waals surface area contributed by atoms with Crippen molar-refractivity contribution in [3.8, 4) is 11.1 Å². The normalized spacial score (nSPS) is 15.2. The lowest BCUT2D eigenvalue weighted by Gasteiger charge is -2.20. The molecule has 1 unspecified atom stereocenters. The number of methoxy groups -OCH3 is 1. The molecule has 0 spiro atoms. The van der Waals surface area contributed by atoms with Gasteiger partial charge < -0.3 is 9.64 Å². The molecule has 0 bridgehead atoms. The van der Waals surface area contributed by atoms with E-state index in [9.17, 15) is 18.0 Å². The first-order chi connectivity index (χ1) is 20.6. The third kappa shape index (κ3) is 7.66. The maximum absolute atomic E-state index is 13.2. The highest BCUT2D eigenvalue weighted by Gasteiger charge is 2.30. The summed E-state index contributed by atoms with van der Waals surface area (Å²) in [5.41, 5.74) is 4.17. The molecular weight excluding hydrogens is 596 g/mol. The van der Waals surface area contributed by atoms with Gasteiger partial charge in [-0.3, -0.25) is 9.79 Å². The molecule has 43 heavy (non-hydrogen) atoms. The number of rotatable bonds is 8. The molecule has 1 atom stereocenters. The second-order valence-electron chi connectivity index (χ2n) is 10.2. The van der Waals surface area contributed by atoms with E-state index in [0.29, 0.717) is 34.3 Å². The predicted molar refractivity (Wildman–Crippen MR) is 165 cm³/mol. The summed E-state index contributed by atoms with van der Waals surface area (Å²) in [7, 11) is 1.37. The molecule has 0 N–H and O–H groups in total. The summed E-state index contributed by atoms with van der Waals surface area (Å²) < 4.78 is 44.2. The van der Waals surface area contributed by atoms with Crippen LogP contribution in [0.1, 0.15) is 33.9 Å². The Kier molecular flexibility index (Phi) is 9.23. The summed E-state index contributed by atoms with van der Waals surface area (Å²) in [6.45, 7) is 1.18. The number of amidine groups is 1. The van der Waals surface area contributed by atoms with Gasteiger partial charge in [-0.2, -0.15) is 13.2 Å². The maximum Gasteiger partial charge on any atom is 0.416 e. The Morgan fingerprint density at radius 3 is 2.33 bits per heavy atom. The average molecular weight is 624 g/mol. The molecule has 0 amide bonds. The van der Waals surface area contributed by atoms with Crippen molar-refractivity contribution in [1.29, 1.82) is 0 Å². The molecule has 4 nitrogen and oxygen atoms in total. The van der Waals surface area contributed by atoms with Gasteiger partial charge in [0.05, 0.1) is 25.1 Å². The summed E-state index contributed by atoms with van der Waals surface area (Å²) >= 11 is 12.6. The first-order valence-electron chi connectivity index (χ1n) is 13.5. The monoisotopic (exact) mass is 622 g/mol. The van der Waals surface area contributed by atoms with E-state index in [1.807, 2.05) is 54.6 Å². The largest absolute Gasteiger partial charge is 0.469 e. The third-order valence-electron chi connectivity index (χ3n) is 7.16.